The van der Waals surface area contributed by atoms with Gasteiger partial charge in [0, 0.05) is 0 Å². The summed E-state index contributed by atoms with van der Waals surface area (Å²) in [6, 6.07) is 3.74. The second-order valence-corrected chi connectivity index (χ2v) is 3.84. The molecule has 0 aliphatic rings. The van der Waals surface area contributed by atoms with E-state index in [4.69, 9.17) is 4.74 Å². The molecule has 0 unspecified atom stereocenters. The fourth-order valence-electron chi connectivity index (χ4n) is 1.20. The highest BCUT2D eigenvalue weighted by Gasteiger charge is 2.07. The molecule has 14 heavy (non-hydrogen) atoms. The molecule has 0 aliphatic heterocycles. The third-order valence-corrected chi connectivity index (χ3v) is 2.58. The molecule has 78 valence electrons. The maximum absolute atomic E-state index is 9.56. The summed E-state index contributed by atoms with van der Waals surface area (Å²) in [5.41, 5.74) is 1.13. The summed E-state index contributed by atoms with van der Waals surface area (Å²) in [4.78, 5) is 0. The largest absolute Gasteiger partial charge is 0.503 e. The highest BCUT2D eigenvalue weighted by atomic mass is 79.9. The number of rotatable bonds is 4. The highest BCUT2D eigenvalue weighted by molar-refractivity contribution is 9.10. The van der Waals surface area contributed by atoms with E-state index in [0.717, 1.165) is 18.5 Å². The van der Waals surface area contributed by atoms with Gasteiger partial charge in [-0.2, -0.15) is 0 Å². The smallest absolute Gasteiger partial charge is 0.172 e. The molecular weight excluding hydrogens is 246 g/mol. The Hall–Kier alpha value is -0.740. The molecule has 0 saturated carbocycles. The molecule has 0 atom stereocenters. The van der Waals surface area contributed by atoms with Crippen LogP contribution in [0.1, 0.15) is 5.56 Å². The standard InChI is InChI=1S/C10H14BrNO2/c1-12-4-3-7-5-8(11)10(13)9(6-7)14-2/h5-6,12-13H,3-4H2,1-2H3. The van der Waals surface area contributed by atoms with Crippen molar-refractivity contribution in [2.75, 3.05) is 20.7 Å². The minimum Gasteiger partial charge on any atom is -0.503 e. The van der Waals surface area contributed by atoms with Gasteiger partial charge >= 0.3 is 0 Å². The zero-order chi connectivity index (χ0) is 10.6. The van der Waals surface area contributed by atoms with Gasteiger partial charge in [0.2, 0.25) is 0 Å². The number of likely N-dealkylation sites (N-methyl/N-ethyl adjacent to an activating group) is 1. The lowest BCUT2D eigenvalue weighted by atomic mass is 10.1. The van der Waals surface area contributed by atoms with Crippen molar-refractivity contribution < 1.29 is 9.84 Å². The molecule has 1 rings (SSSR count). The summed E-state index contributed by atoms with van der Waals surface area (Å²) in [7, 11) is 3.45. The monoisotopic (exact) mass is 259 g/mol. The molecule has 0 aliphatic carbocycles. The van der Waals surface area contributed by atoms with Gasteiger partial charge in [0.25, 0.3) is 0 Å². The van der Waals surface area contributed by atoms with Crippen LogP contribution in [0.3, 0.4) is 0 Å². The van der Waals surface area contributed by atoms with E-state index in [1.54, 1.807) is 7.11 Å². The number of hydrogen-bond donors (Lipinski definition) is 2. The summed E-state index contributed by atoms with van der Waals surface area (Å²) in [6.45, 7) is 0.903. The molecule has 0 amide bonds. The van der Waals surface area contributed by atoms with Crippen molar-refractivity contribution >= 4 is 15.9 Å². The van der Waals surface area contributed by atoms with Crippen LogP contribution in [0.15, 0.2) is 16.6 Å². The second-order valence-electron chi connectivity index (χ2n) is 2.98. The van der Waals surface area contributed by atoms with Gasteiger partial charge in [-0.15, -0.1) is 0 Å². The van der Waals surface area contributed by atoms with Crippen LogP contribution in [0.2, 0.25) is 0 Å². The molecule has 0 fully saturated rings. The van der Waals surface area contributed by atoms with Crippen LogP contribution in [-0.4, -0.2) is 25.8 Å². The van der Waals surface area contributed by atoms with Crippen LogP contribution in [-0.2, 0) is 6.42 Å². The third kappa shape index (κ3) is 2.62. The first-order valence-corrected chi connectivity index (χ1v) is 5.18. The van der Waals surface area contributed by atoms with Gasteiger partial charge in [-0.3, -0.25) is 0 Å². The molecule has 0 bridgehead atoms. The Morgan fingerprint density at radius 2 is 2.21 bits per heavy atom. The number of ether oxygens (including phenoxy) is 1. The van der Waals surface area contributed by atoms with Crippen molar-refractivity contribution in [2.45, 2.75) is 6.42 Å². The van der Waals surface area contributed by atoms with Gasteiger partial charge in [-0.05, 0) is 53.6 Å². The Morgan fingerprint density at radius 3 is 2.79 bits per heavy atom. The molecule has 4 heteroatoms. The summed E-state index contributed by atoms with van der Waals surface area (Å²) in [6.07, 6.45) is 0.908. The van der Waals surface area contributed by atoms with Crippen LogP contribution in [0.25, 0.3) is 0 Å². The minimum atomic E-state index is 0.153. The topological polar surface area (TPSA) is 41.5 Å². The second kappa shape index (κ2) is 5.22. The van der Waals surface area contributed by atoms with Gasteiger partial charge in [-0.1, -0.05) is 0 Å². The maximum atomic E-state index is 9.56. The maximum Gasteiger partial charge on any atom is 0.172 e. The molecule has 0 spiro atoms. The van der Waals surface area contributed by atoms with E-state index < -0.39 is 0 Å². The molecule has 1 aromatic carbocycles. The van der Waals surface area contributed by atoms with E-state index >= 15 is 0 Å². The van der Waals surface area contributed by atoms with Gasteiger partial charge < -0.3 is 15.2 Å². The van der Waals surface area contributed by atoms with Crippen LogP contribution in [0.4, 0.5) is 0 Å². The zero-order valence-corrected chi connectivity index (χ0v) is 9.89. The van der Waals surface area contributed by atoms with E-state index in [1.807, 2.05) is 19.2 Å². The van der Waals surface area contributed by atoms with Gasteiger partial charge in [0.1, 0.15) is 0 Å². The molecule has 3 nitrogen and oxygen atoms in total. The lowest BCUT2D eigenvalue weighted by Gasteiger charge is -2.08. The van der Waals surface area contributed by atoms with E-state index in [2.05, 4.69) is 21.2 Å². The van der Waals surface area contributed by atoms with Crippen molar-refractivity contribution in [1.29, 1.82) is 0 Å². The quantitative estimate of drug-likeness (QED) is 0.869. The Bertz CT molecular complexity index is 315. The number of aromatic hydroxyl groups is 1. The first-order valence-electron chi connectivity index (χ1n) is 4.39. The molecule has 0 aromatic heterocycles. The van der Waals surface area contributed by atoms with Crippen molar-refractivity contribution in [1.82, 2.24) is 5.32 Å². The molecule has 1 aromatic rings. The van der Waals surface area contributed by atoms with Gasteiger partial charge in [-0.25, -0.2) is 0 Å². The predicted molar refractivity (Wildman–Crippen MR) is 60.0 cm³/mol. The van der Waals surface area contributed by atoms with Crippen LogP contribution < -0.4 is 10.1 Å². The van der Waals surface area contributed by atoms with E-state index in [1.165, 1.54) is 0 Å². The van der Waals surface area contributed by atoms with Gasteiger partial charge in [0.05, 0.1) is 11.6 Å². The number of methoxy groups -OCH3 is 1. The summed E-state index contributed by atoms with van der Waals surface area (Å²) >= 11 is 3.28. The summed E-state index contributed by atoms with van der Waals surface area (Å²) in [5.74, 6) is 0.659. The third-order valence-electron chi connectivity index (χ3n) is 1.97. The van der Waals surface area contributed by atoms with E-state index in [0.29, 0.717) is 10.2 Å². The van der Waals surface area contributed by atoms with Gasteiger partial charge in [0.15, 0.2) is 11.5 Å². The normalized spacial score (nSPS) is 10.2. The zero-order valence-electron chi connectivity index (χ0n) is 8.30. The first-order chi connectivity index (χ1) is 6.69. The van der Waals surface area contributed by atoms with Crippen molar-refractivity contribution in [3.63, 3.8) is 0 Å². The average molecular weight is 260 g/mol. The minimum absolute atomic E-state index is 0.153. The average Bonchev–Trinajstić information content (AvgIpc) is 2.19. The predicted octanol–water partition coefficient (Wildman–Crippen LogP) is 1.93. The number of phenolic OH excluding ortho intramolecular Hbond substituents is 1. The van der Waals surface area contributed by atoms with E-state index in [9.17, 15) is 5.11 Å². The molecule has 0 heterocycles. The van der Waals surface area contributed by atoms with Crippen molar-refractivity contribution in [3.8, 4) is 11.5 Å². The molecule has 0 saturated heterocycles. The fourth-order valence-corrected chi connectivity index (χ4v) is 1.69. The van der Waals surface area contributed by atoms with E-state index in [-0.39, 0.29) is 5.75 Å². The number of hydrogen-bond acceptors (Lipinski definition) is 3. The number of phenols is 1. The lowest BCUT2D eigenvalue weighted by Crippen LogP contribution is -2.10. The number of nitrogens with one attached hydrogen (secondary N) is 1. The van der Waals surface area contributed by atoms with Crippen molar-refractivity contribution in [3.05, 3.63) is 22.2 Å². The summed E-state index contributed by atoms with van der Waals surface area (Å²) < 4.78 is 5.72. The lowest BCUT2D eigenvalue weighted by molar-refractivity contribution is 0.371. The number of halogens is 1. The Morgan fingerprint density at radius 1 is 1.50 bits per heavy atom. The first kappa shape index (κ1) is 11.3. The SMILES string of the molecule is CNCCc1cc(Br)c(O)c(OC)c1. The molecular formula is C10H14BrNO2. The molecule has 2 N–H and O–H groups in total. The number of benzene rings is 1. The Balaban J connectivity index is 2.91. The highest BCUT2D eigenvalue weighted by Crippen LogP contribution is 2.35. The van der Waals surface area contributed by atoms with Crippen LogP contribution in [0, 0.1) is 0 Å². The molecule has 0 radical (unpaired) electrons. The Labute approximate surface area is 92.2 Å². The van der Waals surface area contributed by atoms with Crippen LogP contribution >= 0.6 is 15.9 Å². The van der Waals surface area contributed by atoms with Crippen LogP contribution in [0.5, 0.6) is 11.5 Å². The Kier molecular flexibility index (Phi) is 4.22. The summed E-state index contributed by atoms with van der Waals surface area (Å²) in [5, 5.41) is 12.6. The van der Waals surface area contributed by atoms with Crippen molar-refractivity contribution in [2.24, 2.45) is 0 Å². The fraction of sp³-hybridized carbons (Fsp3) is 0.400.